The Morgan fingerprint density at radius 3 is 2.71 bits per heavy atom. The summed E-state index contributed by atoms with van der Waals surface area (Å²) in [5.74, 6) is 0. The molecular weight excluding hydrogens is 218 g/mol. The number of alkyl carbamates (subject to hydrolysis) is 1. The van der Waals surface area contributed by atoms with Crippen LogP contribution in [0.4, 0.5) is 4.79 Å². The summed E-state index contributed by atoms with van der Waals surface area (Å²) in [6.07, 6.45) is 0.895. The molecule has 17 heavy (non-hydrogen) atoms. The lowest BCUT2D eigenvalue weighted by molar-refractivity contribution is 0.133. The van der Waals surface area contributed by atoms with Gasteiger partial charge in [0.2, 0.25) is 0 Å². The Bertz CT molecular complexity index is 327. The number of carbonyl (C=O) groups excluding carboxylic acids is 1. The summed E-state index contributed by atoms with van der Waals surface area (Å²) in [5.41, 5.74) is 0.956. The van der Waals surface area contributed by atoms with Crippen molar-refractivity contribution in [1.82, 2.24) is 5.32 Å². The summed E-state index contributed by atoms with van der Waals surface area (Å²) in [7, 11) is 0. The van der Waals surface area contributed by atoms with Gasteiger partial charge in [-0.25, -0.2) is 4.79 Å². The molecule has 0 radical (unpaired) electrons. The molecule has 0 bridgehead atoms. The van der Waals surface area contributed by atoms with E-state index in [0.29, 0.717) is 6.42 Å². The third-order valence-corrected chi connectivity index (χ3v) is 2.51. The van der Waals surface area contributed by atoms with Gasteiger partial charge in [0.1, 0.15) is 6.61 Å². The van der Waals surface area contributed by atoms with Gasteiger partial charge in [-0.2, -0.15) is 0 Å². The molecule has 1 atom stereocenters. The molecular formula is C13H19NO3. The van der Waals surface area contributed by atoms with E-state index >= 15 is 0 Å². The van der Waals surface area contributed by atoms with Gasteiger partial charge in [-0.3, -0.25) is 0 Å². The van der Waals surface area contributed by atoms with E-state index in [-0.39, 0.29) is 19.3 Å². The summed E-state index contributed by atoms with van der Waals surface area (Å²) in [5, 5.41) is 11.5. The van der Waals surface area contributed by atoms with Gasteiger partial charge < -0.3 is 15.2 Å². The minimum atomic E-state index is -0.436. The number of hydrogen-bond donors (Lipinski definition) is 2. The fourth-order valence-electron chi connectivity index (χ4n) is 1.47. The molecule has 0 saturated heterocycles. The van der Waals surface area contributed by atoms with Crippen LogP contribution >= 0.6 is 0 Å². The Kier molecular flexibility index (Phi) is 6.10. The average Bonchev–Trinajstić information content (AvgIpc) is 2.37. The van der Waals surface area contributed by atoms with Crippen LogP contribution in [0, 0.1) is 0 Å². The lowest BCUT2D eigenvalue weighted by Gasteiger charge is -2.15. The van der Waals surface area contributed by atoms with E-state index in [1.165, 1.54) is 0 Å². The third kappa shape index (κ3) is 5.36. The molecule has 0 spiro atoms. The lowest BCUT2D eigenvalue weighted by atomic mass is 10.2. The van der Waals surface area contributed by atoms with Crippen LogP contribution in [0.2, 0.25) is 0 Å². The molecule has 0 aliphatic heterocycles. The van der Waals surface area contributed by atoms with Gasteiger partial charge in [0.05, 0.1) is 0 Å². The van der Waals surface area contributed by atoms with Crippen LogP contribution in [-0.4, -0.2) is 23.8 Å². The van der Waals surface area contributed by atoms with Gasteiger partial charge in [-0.1, -0.05) is 37.3 Å². The molecule has 1 aromatic rings. The smallest absolute Gasteiger partial charge is 0.407 e. The number of ether oxygens (including phenoxy) is 1. The molecule has 0 heterocycles. The molecule has 1 unspecified atom stereocenters. The number of benzene rings is 1. The van der Waals surface area contributed by atoms with Gasteiger partial charge >= 0.3 is 6.09 Å². The Morgan fingerprint density at radius 2 is 2.12 bits per heavy atom. The van der Waals surface area contributed by atoms with Crippen molar-refractivity contribution in [2.75, 3.05) is 6.61 Å². The minimum absolute atomic E-state index is 0.0247. The first-order valence-electron chi connectivity index (χ1n) is 5.84. The normalized spacial score (nSPS) is 11.9. The van der Waals surface area contributed by atoms with E-state index in [1.807, 2.05) is 37.3 Å². The molecule has 4 nitrogen and oxygen atoms in total. The largest absolute Gasteiger partial charge is 0.445 e. The van der Waals surface area contributed by atoms with Gasteiger partial charge in [0.25, 0.3) is 0 Å². The molecule has 0 aromatic heterocycles. The number of rotatable bonds is 6. The van der Waals surface area contributed by atoms with E-state index < -0.39 is 6.09 Å². The quantitative estimate of drug-likeness (QED) is 0.796. The zero-order valence-corrected chi connectivity index (χ0v) is 10.1. The van der Waals surface area contributed by atoms with E-state index in [4.69, 9.17) is 9.84 Å². The predicted molar refractivity (Wildman–Crippen MR) is 65.5 cm³/mol. The summed E-state index contributed by atoms with van der Waals surface area (Å²) >= 11 is 0. The maximum absolute atomic E-state index is 11.4. The number of nitrogens with one attached hydrogen (secondary N) is 1. The predicted octanol–water partition coefficient (Wildman–Crippen LogP) is 2.07. The highest BCUT2D eigenvalue weighted by atomic mass is 16.5. The van der Waals surface area contributed by atoms with Crippen molar-refractivity contribution in [3.8, 4) is 0 Å². The maximum atomic E-state index is 11.4. The van der Waals surface area contributed by atoms with Crippen molar-refractivity contribution in [1.29, 1.82) is 0 Å². The molecule has 1 rings (SSSR count). The molecule has 1 aromatic carbocycles. The molecule has 94 valence electrons. The number of aliphatic hydroxyl groups is 1. The topological polar surface area (TPSA) is 58.6 Å². The van der Waals surface area contributed by atoms with Crippen molar-refractivity contribution >= 4 is 6.09 Å². The standard InChI is InChI=1S/C13H19NO3/c1-2-12(8-9-15)14-13(16)17-10-11-6-4-3-5-7-11/h3-7,12,15H,2,8-10H2,1H3,(H,14,16). The monoisotopic (exact) mass is 237 g/mol. The summed E-state index contributed by atoms with van der Waals surface area (Å²) < 4.78 is 5.08. The Labute approximate surface area is 102 Å². The first kappa shape index (κ1) is 13.5. The van der Waals surface area contributed by atoms with Crippen LogP contribution in [0.25, 0.3) is 0 Å². The fourth-order valence-corrected chi connectivity index (χ4v) is 1.47. The first-order chi connectivity index (χ1) is 8.26. The Morgan fingerprint density at radius 1 is 1.41 bits per heavy atom. The van der Waals surface area contributed by atoms with E-state index in [9.17, 15) is 4.79 Å². The van der Waals surface area contributed by atoms with Crippen molar-refractivity contribution in [3.63, 3.8) is 0 Å². The molecule has 0 aliphatic rings. The number of carbonyl (C=O) groups is 1. The van der Waals surface area contributed by atoms with Gasteiger partial charge in [0.15, 0.2) is 0 Å². The zero-order chi connectivity index (χ0) is 12.5. The minimum Gasteiger partial charge on any atom is -0.445 e. The second-order valence-corrected chi connectivity index (χ2v) is 3.82. The van der Waals surface area contributed by atoms with Gasteiger partial charge in [-0.05, 0) is 18.4 Å². The van der Waals surface area contributed by atoms with Gasteiger partial charge in [-0.15, -0.1) is 0 Å². The number of hydrogen-bond acceptors (Lipinski definition) is 3. The van der Waals surface area contributed by atoms with Crippen LogP contribution in [-0.2, 0) is 11.3 Å². The Hall–Kier alpha value is -1.55. The fraction of sp³-hybridized carbons (Fsp3) is 0.462. The van der Waals surface area contributed by atoms with Crippen molar-refractivity contribution in [3.05, 3.63) is 35.9 Å². The molecule has 0 aliphatic carbocycles. The summed E-state index contributed by atoms with van der Waals surface area (Å²) in [6.45, 7) is 2.29. The second kappa shape index (κ2) is 7.68. The lowest BCUT2D eigenvalue weighted by Crippen LogP contribution is -2.35. The van der Waals surface area contributed by atoms with Crippen molar-refractivity contribution < 1.29 is 14.6 Å². The zero-order valence-electron chi connectivity index (χ0n) is 10.1. The summed E-state index contributed by atoms with van der Waals surface area (Å²) in [6, 6.07) is 9.49. The van der Waals surface area contributed by atoms with Crippen LogP contribution in [0.15, 0.2) is 30.3 Å². The van der Waals surface area contributed by atoms with Crippen molar-refractivity contribution in [2.24, 2.45) is 0 Å². The highest BCUT2D eigenvalue weighted by Gasteiger charge is 2.10. The number of amides is 1. The summed E-state index contributed by atoms with van der Waals surface area (Å²) in [4.78, 5) is 11.4. The van der Waals surface area contributed by atoms with Crippen LogP contribution < -0.4 is 5.32 Å². The highest BCUT2D eigenvalue weighted by molar-refractivity contribution is 5.67. The SMILES string of the molecule is CCC(CCO)NC(=O)OCc1ccccc1. The highest BCUT2D eigenvalue weighted by Crippen LogP contribution is 2.02. The maximum Gasteiger partial charge on any atom is 0.407 e. The second-order valence-electron chi connectivity index (χ2n) is 3.82. The Balaban J connectivity index is 2.30. The molecule has 1 amide bonds. The average molecular weight is 237 g/mol. The van der Waals surface area contributed by atoms with E-state index in [2.05, 4.69) is 5.32 Å². The van der Waals surface area contributed by atoms with E-state index in [1.54, 1.807) is 0 Å². The third-order valence-electron chi connectivity index (χ3n) is 2.51. The molecule has 2 N–H and O–H groups in total. The molecule has 0 fully saturated rings. The number of aliphatic hydroxyl groups excluding tert-OH is 1. The molecule has 4 heteroatoms. The van der Waals surface area contributed by atoms with Crippen molar-refractivity contribution in [2.45, 2.75) is 32.4 Å². The van der Waals surface area contributed by atoms with E-state index in [0.717, 1.165) is 12.0 Å². The molecule has 0 saturated carbocycles. The first-order valence-corrected chi connectivity index (χ1v) is 5.84. The van der Waals surface area contributed by atoms with Gasteiger partial charge in [0, 0.05) is 12.6 Å². The van der Waals surface area contributed by atoms with Crippen LogP contribution in [0.3, 0.4) is 0 Å². The van der Waals surface area contributed by atoms with Crippen LogP contribution in [0.1, 0.15) is 25.3 Å². The van der Waals surface area contributed by atoms with Crippen LogP contribution in [0.5, 0.6) is 0 Å².